The fourth-order valence-corrected chi connectivity index (χ4v) is 1.63. The van der Waals surface area contributed by atoms with E-state index in [4.69, 9.17) is 27.4 Å². The highest BCUT2D eigenvalue weighted by Gasteiger charge is 2.29. The molecule has 0 atom stereocenters. The third-order valence-corrected chi connectivity index (χ3v) is 3.03. The number of methoxy groups -OCH3 is 1. The maximum Gasteiger partial charge on any atom is 0.314 e. The van der Waals surface area contributed by atoms with Crippen LogP contribution in [0.1, 0.15) is 25.0 Å². The third kappa shape index (κ3) is 3.92. The number of rotatable bonds is 5. The van der Waals surface area contributed by atoms with E-state index in [2.05, 4.69) is 0 Å². The topological polar surface area (TPSA) is 61.5 Å². The zero-order valence-corrected chi connectivity index (χ0v) is 12.5. The molecule has 0 aliphatic heterocycles. The van der Waals surface area contributed by atoms with Gasteiger partial charge in [-0.1, -0.05) is 24.4 Å². The average Bonchev–Trinajstić information content (AvgIpc) is 2.36. The molecule has 0 aliphatic rings. The van der Waals surface area contributed by atoms with Gasteiger partial charge in [0.25, 0.3) is 0 Å². The Labute approximate surface area is 118 Å². The Kier molecular flexibility index (Phi) is 4.89. The van der Waals surface area contributed by atoms with Gasteiger partial charge in [0.15, 0.2) is 0 Å². The lowest BCUT2D eigenvalue weighted by Gasteiger charge is -2.22. The quantitative estimate of drug-likeness (QED) is 0.662. The molecular weight excluding hydrogens is 262 g/mol. The molecule has 0 saturated carbocycles. The van der Waals surface area contributed by atoms with Crippen molar-refractivity contribution in [2.24, 2.45) is 11.1 Å². The number of hydrogen-bond donors (Lipinski definition) is 1. The van der Waals surface area contributed by atoms with E-state index in [1.54, 1.807) is 19.9 Å². The Bertz CT molecular complexity index is 497. The van der Waals surface area contributed by atoms with Gasteiger partial charge in [0.1, 0.15) is 17.3 Å². The molecule has 1 aromatic carbocycles. The summed E-state index contributed by atoms with van der Waals surface area (Å²) in [4.78, 5) is 11.9. The van der Waals surface area contributed by atoms with Crippen LogP contribution in [0.4, 0.5) is 0 Å². The molecule has 0 fully saturated rings. The highest BCUT2D eigenvalue weighted by molar-refractivity contribution is 7.80. The summed E-state index contributed by atoms with van der Waals surface area (Å²) < 4.78 is 10.4. The summed E-state index contributed by atoms with van der Waals surface area (Å²) in [6.45, 7) is 5.68. The first-order valence-electron chi connectivity index (χ1n) is 5.89. The number of benzene rings is 1. The first-order chi connectivity index (χ1) is 8.77. The third-order valence-electron chi connectivity index (χ3n) is 2.80. The molecule has 1 aromatic rings. The molecule has 4 nitrogen and oxygen atoms in total. The zero-order valence-electron chi connectivity index (χ0n) is 11.6. The monoisotopic (exact) mass is 281 g/mol. The molecule has 0 radical (unpaired) electrons. The van der Waals surface area contributed by atoms with Gasteiger partial charge in [-0.25, -0.2) is 0 Å². The zero-order chi connectivity index (χ0) is 14.6. The van der Waals surface area contributed by atoms with Gasteiger partial charge < -0.3 is 15.2 Å². The van der Waals surface area contributed by atoms with Gasteiger partial charge >= 0.3 is 5.97 Å². The Morgan fingerprint density at radius 3 is 2.58 bits per heavy atom. The van der Waals surface area contributed by atoms with Gasteiger partial charge in [0.2, 0.25) is 0 Å². The molecule has 0 heterocycles. The van der Waals surface area contributed by atoms with Gasteiger partial charge in [0.05, 0.1) is 12.5 Å². The van der Waals surface area contributed by atoms with Crippen molar-refractivity contribution in [2.75, 3.05) is 13.7 Å². The van der Waals surface area contributed by atoms with Crippen molar-refractivity contribution in [3.05, 3.63) is 29.3 Å². The molecule has 0 aliphatic carbocycles. The van der Waals surface area contributed by atoms with E-state index in [9.17, 15) is 4.79 Å². The molecular formula is C14H19NO3S. The summed E-state index contributed by atoms with van der Waals surface area (Å²) in [7, 11) is 1.36. The van der Waals surface area contributed by atoms with E-state index in [-0.39, 0.29) is 12.6 Å². The summed E-state index contributed by atoms with van der Waals surface area (Å²) in [6, 6.07) is 5.51. The molecule has 104 valence electrons. The lowest BCUT2D eigenvalue weighted by molar-refractivity contribution is -0.152. The van der Waals surface area contributed by atoms with Gasteiger partial charge in [-0.3, -0.25) is 4.79 Å². The van der Waals surface area contributed by atoms with Crippen molar-refractivity contribution in [3.8, 4) is 5.75 Å². The van der Waals surface area contributed by atoms with Crippen LogP contribution in [0.3, 0.4) is 0 Å². The van der Waals surface area contributed by atoms with E-state index in [0.717, 1.165) is 11.1 Å². The molecule has 0 aromatic heterocycles. The van der Waals surface area contributed by atoms with Gasteiger partial charge in [-0.05, 0) is 32.4 Å². The van der Waals surface area contributed by atoms with Crippen molar-refractivity contribution in [3.63, 3.8) is 0 Å². The Morgan fingerprint density at radius 2 is 2.05 bits per heavy atom. The Hall–Kier alpha value is -1.62. The number of hydrogen-bond acceptors (Lipinski definition) is 4. The number of ether oxygens (including phenoxy) is 2. The van der Waals surface area contributed by atoms with E-state index in [1.165, 1.54) is 7.11 Å². The van der Waals surface area contributed by atoms with Crippen LogP contribution in [0.15, 0.2) is 18.2 Å². The van der Waals surface area contributed by atoms with Gasteiger partial charge in [0, 0.05) is 5.56 Å². The molecule has 19 heavy (non-hydrogen) atoms. The van der Waals surface area contributed by atoms with Crippen molar-refractivity contribution < 1.29 is 14.3 Å². The summed E-state index contributed by atoms with van der Waals surface area (Å²) in [5, 5.41) is 0. The molecule has 2 N–H and O–H groups in total. The smallest absolute Gasteiger partial charge is 0.314 e. The molecule has 0 spiro atoms. The van der Waals surface area contributed by atoms with Crippen LogP contribution in [0, 0.1) is 12.3 Å². The largest absolute Gasteiger partial charge is 0.492 e. The molecule has 5 heteroatoms. The number of nitrogens with two attached hydrogens (primary N) is 1. The highest BCUT2D eigenvalue weighted by Crippen LogP contribution is 2.24. The maximum atomic E-state index is 11.6. The van der Waals surface area contributed by atoms with Crippen LogP contribution < -0.4 is 10.5 Å². The van der Waals surface area contributed by atoms with Crippen LogP contribution in [0.5, 0.6) is 5.75 Å². The number of carbonyl (C=O) groups is 1. The van der Waals surface area contributed by atoms with Crippen LogP contribution >= 0.6 is 12.2 Å². The van der Waals surface area contributed by atoms with Crippen molar-refractivity contribution in [1.29, 1.82) is 0 Å². The van der Waals surface area contributed by atoms with Crippen molar-refractivity contribution in [2.45, 2.75) is 20.8 Å². The fraction of sp³-hybridized carbons (Fsp3) is 0.429. The minimum Gasteiger partial charge on any atom is -0.492 e. The standard InChI is InChI=1S/C14H19NO3S/c1-9-5-6-10(12(15)19)7-11(9)18-8-14(2,3)13(16)17-4/h5-7H,8H2,1-4H3,(H2,15,19). The molecule has 1 rings (SSSR count). The van der Waals surface area contributed by atoms with E-state index in [0.29, 0.717) is 10.7 Å². The first kappa shape index (κ1) is 15.4. The van der Waals surface area contributed by atoms with Gasteiger partial charge in [-0.2, -0.15) is 0 Å². The molecule has 0 bridgehead atoms. The van der Waals surface area contributed by atoms with Crippen LogP contribution in [-0.4, -0.2) is 24.7 Å². The number of esters is 1. The second kappa shape index (κ2) is 6.02. The molecule has 0 amide bonds. The predicted octanol–water partition coefficient (Wildman–Crippen LogP) is 2.21. The normalized spacial score (nSPS) is 10.9. The summed E-state index contributed by atoms with van der Waals surface area (Å²) in [6.07, 6.45) is 0. The predicted molar refractivity (Wildman–Crippen MR) is 78.4 cm³/mol. The van der Waals surface area contributed by atoms with E-state index < -0.39 is 5.41 Å². The SMILES string of the molecule is COC(=O)C(C)(C)COc1cc(C(N)=S)ccc1C. The fourth-order valence-electron chi connectivity index (χ4n) is 1.50. The number of thiocarbonyl (C=S) groups is 1. The van der Waals surface area contributed by atoms with Crippen molar-refractivity contribution in [1.82, 2.24) is 0 Å². The lowest BCUT2D eigenvalue weighted by atomic mass is 9.95. The van der Waals surface area contributed by atoms with Crippen LogP contribution in [-0.2, 0) is 9.53 Å². The average molecular weight is 281 g/mol. The molecule has 0 unspecified atom stereocenters. The minimum absolute atomic E-state index is 0.224. The summed E-state index contributed by atoms with van der Waals surface area (Å²) in [5.74, 6) is 0.359. The Balaban J connectivity index is 2.85. The number of aryl methyl sites for hydroxylation is 1. The van der Waals surface area contributed by atoms with E-state index >= 15 is 0 Å². The van der Waals surface area contributed by atoms with Crippen LogP contribution in [0.2, 0.25) is 0 Å². The molecule has 0 saturated heterocycles. The van der Waals surface area contributed by atoms with Gasteiger partial charge in [-0.15, -0.1) is 0 Å². The summed E-state index contributed by atoms with van der Waals surface area (Å²) >= 11 is 4.93. The maximum absolute atomic E-state index is 11.6. The van der Waals surface area contributed by atoms with Crippen molar-refractivity contribution >= 4 is 23.2 Å². The minimum atomic E-state index is -0.708. The van der Waals surface area contributed by atoms with Crippen LogP contribution in [0.25, 0.3) is 0 Å². The first-order valence-corrected chi connectivity index (χ1v) is 6.30. The number of carbonyl (C=O) groups excluding carboxylic acids is 1. The Morgan fingerprint density at radius 1 is 1.42 bits per heavy atom. The lowest BCUT2D eigenvalue weighted by Crippen LogP contribution is -2.32. The van der Waals surface area contributed by atoms with E-state index in [1.807, 2.05) is 19.1 Å². The second-order valence-electron chi connectivity index (χ2n) is 5.01. The second-order valence-corrected chi connectivity index (χ2v) is 5.45. The highest BCUT2D eigenvalue weighted by atomic mass is 32.1. The summed E-state index contributed by atoms with van der Waals surface area (Å²) in [5.41, 5.74) is 6.58.